The lowest BCUT2D eigenvalue weighted by Gasteiger charge is -2.40. The second-order valence-electron chi connectivity index (χ2n) is 5.75. The largest absolute Gasteiger partial charge is 0.461 e. The van der Waals surface area contributed by atoms with Crippen molar-refractivity contribution in [2.75, 3.05) is 20.8 Å². The Morgan fingerprint density at radius 1 is 1.00 bits per heavy atom. The van der Waals surface area contributed by atoms with Gasteiger partial charge in [0.1, 0.15) is 6.61 Å². The molecule has 140 valence electrons. The van der Waals surface area contributed by atoms with Gasteiger partial charge in [-0.2, -0.15) is 0 Å². The monoisotopic (exact) mass is 360 g/mol. The molecule has 1 saturated carbocycles. The van der Waals surface area contributed by atoms with Crippen molar-refractivity contribution in [3.63, 3.8) is 0 Å². The van der Waals surface area contributed by atoms with E-state index < -0.39 is 60.0 Å². The van der Waals surface area contributed by atoms with E-state index in [-0.39, 0.29) is 0 Å². The highest BCUT2D eigenvalue weighted by molar-refractivity contribution is 5.82. The molecule has 2 fully saturated rings. The maximum Gasteiger partial charge on any atom is 0.319 e. The van der Waals surface area contributed by atoms with Crippen LogP contribution < -0.4 is 0 Å². The van der Waals surface area contributed by atoms with E-state index in [0.717, 1.165) is 20.8 Å². The molecule has 0 aromatic rings. The van der Waals surface area contributed by atoms with Crippen LogP contribution in [0.25, 0.3) is 0 Å². The van der Waals surface area contributed by atoms with Crippen LogP contribution in [0, 0.1) is 5.92 Å². The molecule has 1 aliphatic carbocycles. The molecule has 0 aromatic heterocycles. The first kappa shape index (κ1) is 19.1. The van der Waals surface area contributed by atoms with Crippen molar-refractivity contribution >= 4 is 23.9 Å². The van der Waals surface area contributed by atoms with Gasteiger partial charge >= 0.3 is 23.9 Å². The molecule has 1 heterocycles. The minimum Gasteiger partial charge on any atom is -0.461 e. The number of methoxy groups -OCH3 is 2. The highest BCUT2D eigenvalue weighted by atomic mass is 16.8. The van der Waals surface area contributed by atoms with E-state index in [4.69, 9.17) is 28.4 Å². The van der Waals surface area contributed by atoms with Crippen LogP contribution in [0.4, 0.5) is 0 Å². The van der Waals surface area contributed by atoms with Crippen LogP contribution in [0.3, 0.4) is 0 Å². The van der Waals surface area contributed by atoms with Crippen molar-refractivity contribution in [3.05, 3.63) is 0 Å². The number of carbonyl (C=O) groups is 4. The van der Waals surface area contributed by atoms with Gasteiger partial charge in [0.15, 0.2) is 18.1 Å². The molecule has 10 heteroatoms. The molecule has 0 N–H and O–H groups in total. The third-order valence-electron chi connectivity index (χ3n) is 4.31. The first-order valence-electron chi connectivity index (χ1n) is 7.46. The maximum absolute atomic E-state index is 12.4. The van der Waals surface area contributed by atoms with Crippen molar-refractivity contribution in [3.8, 4) is 0 Å². The van der Waals surface area contributed by atoms with Crippen LogP contribution in [-0.4, -0.2) is 68.3 Å². The van der Waals surface area contributed by atoms with Gasteiger partial charge < -0.3 is 28.4 Å². The van der Waals surface area contributed by atoms with Crippen LogP contribution in [0.2, 0.25) is 0 Å². The molecule has 25 heavy (non-hydrogen) atoms. The van der Waals surface area contributed by atoms with Crippen molar-refractivity contribution in [2.24, 2.45) is 5.92 Å². The van der Waals surface area contributed by atoms with Crippen LogP contribution >= 0.6 is 0 Å². The summed E-state index contributed by atoms with van der Waals surface area (Å²) in [6.45, 7) is 2.93. The third-order valence-corrected chi connectivity index (χ3v) is 4.31. The van der Waals surface area contributed by atoms with Crippen molar-refractivity contribution in [1.29, 1.82) is 0 Å². The molecule has 0 unspecified atom stereocenters. The summed E-state index contributed by atoms with van der Waals surface area (Å²) in [5.41, 5.74) is -1.82. The Bertz CT molecular complexity index is 595. The molecular weight excluding hydrogens is 340 g/mol. The highest BCUT2D eigenvalue weighted by Gasteiger charge is 2.84. The van der Waals surface area contributed by atoms with Crippen molar-refractivity contribution in [1.82, 2.24) is 0 Å². The van der Waals surface area contributed by atoms with Crippen LogP contribution in [0.1, 0.15) is 20.8 Å². The lowest BCUT2D eigenvalue weighted by molar-refractivity contribution is -0.293. The Labute approximate surface area is 143 Å². The molecule has 0 aromatic carbocycles. The Hall–Kier alpha value is -2.20. The predicted octanol–water partition coefficient (Wildman–Crippen LogP) is -0.673. The predicted molar refractivity (Wildman–Crippen MR) is 76.8 cm³/mol. The van der Waals surface area contributed by atoms with E-state index in [2.05, 4.69) is 0 Å². The molecule has 2 aliphatic rings. The number of hydrogen-bond donors (Lipinski definition) is 0. The molecule has 0 radical (unpaired) electrons. The minimum absolute atomic E-state index is 0.512. The average Bonchev–Trinajstić information content (AvgIpc) is 2.87. The fraction of sp³-hybridized carbons (Fsp3) is 0.733. The van der Waals surface area contributed by atoms with E-state index in [0.29, 0.717) is 0 Å². The number of rotatable bonds is 6. The summed E-state index contributed by atoms with van der Waals surface area (Å²) >= 11 is 0. The zero-order chi connectivity index (χ0) is 19.0. The standard InChI is InChI=1S/C15H20O10/c1-7(16)22-6-14-12(24-9(3)18)11(23-8(2)17)10(13(19)25-14)15(14,20-4)21-5/h10-12H,6H2,1-5H3/t10-,11-,12-,14-/m1/s1. The van der Waals surface area contributed by atoms with Crippen LogP contribution in [0.15, 0.2) is 0 Å². The summed E-state index contributed by atoms with van der Waals surface area (Å²) in [6.07, 6.45) is -2.51. The van der Waals surface area contributed by atoms with E-state index in [9.17, 15) is 19.2 Å². The fourth-order valence-electron chi connectivity index (χ4n) is 3.55. The van der Waals surface area contributed by atoms with Crippen molar-refractivity contribution in [2.45, 2.75) is 44.4 Å². The first-order valence-corrected chi connectivity index (χ1v) is 7.46. The molecule has 2 rings (SSSR count). The molecule has 1 saturated heterocycles. The minimum atomic E-state index is -1.82. The van der Waals surface area contributed by atoms with E-state index in [1.807, 2.05) is 0 Å². The second-order valence-corrected chi connectivity index (χ2v) is 5.75. The van der Waals surface area contributed by atoms with Gasteiger partial charge in [-0.05, 0) is 0 Å². The Kier molecular flexibility index (Phi) is 5.05. The topological polar surface area (TPSA) is 124 Å². The Morgan fingerprint density at radius 3 is 2.00 bits per heavy atom. The van der Waals surface area contributed by atoms with E-state index in [1.54, 1.807) is 0 Å². The van der Waals surface area contributed by atoms with Gasteiger partial charge in [0.25, 0.3) is 0 Å². The molecule has 4 atom stereocenters. The van der Waals surface area contributed by atoms with Crippen molar-refractivity contribution < 1.29 is 47.6 Å². The van der Waals surface area contributed by atoms with E-state index >= 15 is 0 Å². The average molecular weight is 360 g/mol. The summed E-state index contributed by atoms with van der Waals surface area (Å²) < 4.78 is 31.7. The van der Waals surface area contributed by atoms with Gasteiger partial charge in [0.05, 0.1) is 0 Å². The zero-order valence-electron chi connectivity index (χ0n) is 14.5. The Balaban J connectivity index is 2.59. The summed E-state index contributed by atoms with van der Waals surface area (Å²) in [6, 6.07) is 0. The van der Waals surface area contributed by atoms with Gasteiger partial charge in [-0.25, -0.2) is 0 Å². The molecule has 1 aliphatic heterocycles. The summed E-state index contributed by atoms with van der Waals surface area (Å²) in [4.78, 5) is 46.7. The lowest BCUT2D eigenvalue weighted by atomic mass is 9.94. The SMILES string of the molecule is COC1(OC)[C@H]2C(=O)O[C@]1(COC(C)=O)[C@H](OC(C)=O)[C@@H]2OC(C)=O. The number of hydrogen-bond acceptors (Lipinski definition) is 10. The van der Waals surface area contributed by atoms with Gasteiger partial charge in [-0.15, -0.1) is 0 Å². The van der Waals surface area contributed by atoms with Gasteiger partial charge in [-0.1, -0.05) is 0 Å². The molecule has 0 spiro atoms. The zero-order valence-corrected chi connectivity index (χ0v) is 14.5. The van der Waals surface area contributed by atoms with Gasteiger partial charge in [0, 0.05) is 35.0 Å². The number of esters is 4. The Morgan fingerprint density at radius 2 is 1.56 bits per heavy atom. The number of carbonyl (C=O) groups excluding carboxylic acids is 4. The lowest BCUT2D eigenvalue weighted by Crippen LogP contribution is -2.62. The normalized spacial score (nSPS) is 32.0. The fourth-order valence-corrected chi connectivity index (χ4v) is 3.55. The van der Waals surface area contributed by atoms with Gasteiger partial charge in [-0.3, -0.25) is 19.2 Å². The van der Waals surface area contributed by atoms with Gasteiger partial charge in [0.2, 0.25) is 11.4 Å². The summed E-state index contributed by atoms with van der Waals surface area (Å²) in [5.74, 6) is -5.87. The quantitative estimate of drug-likeness (QED) is 0.342. The molecule has 0 amide bonds. The second kappa shape index (κ2) is 6.60. The molecule has 2 bridgehead atoms. The van der Waals surface area contributed by atoms with Crippen LogP contribution in [-0.2, 0) is 47.6 Å². The van der Waals surface area contributed by atoms with E-state index in [1.165, 1.54) is 14.2 Å². The smallest absolute Gasteiger partial charge is 0.319 e. The van der Waals surface area contributed by atoms with Crippen LogP contribution in [0.5, 0.6) is 0 Å². The third kappa shape index (κ3) is 2.74. The summed E-state index contributed by atoms with van der Waals surface area (Å²) in [7, 11) is 2.50. The number of ether oxygens (including phenoxy) is 6. The highest BCUT2D eigenvalue weighted by Crippen LogP contribution is 2.57. The molecular formula is C15H20O10. The first-order chi connectivity index (χ1) is 11.6. The number of fused-ring (bicyclic) bond motifs is 2. The maximum atomic E-state index is 12.4. The summed E-state index contributed by atoms with van der Waals surface area (Å²) in [5, 5.41) is 0. The molecule has 10 nitrogen and oxygen atoms in total.